The van der Waals surface area contributed by atoms with Crippen molar-refractivity contribution in [3.8, 4) is 0 Å². The predicted molar refractivity (Wildman–Crippen MR) is 71.0 cm³/mol. The lowest BCUT2D eigenvalue weighted by atomic mass is 9.48. The first-order valence-corrected chi connectivity index (χ1v) is 7.00. The van der Waals surface area contributed by atoms with Crippen LogP contribution in [0.5, 0.6) is 0 Å². The highest BCUT2D eigenvalue weighted by molar-refractivity contribution is 5.89. The molecule has 1 aliphatic carbocycles. The summed E-state index contributed by atoms with van der Waals surface area (Å²) >= 11 is 0. The van der Waals surface area contributed by atoms with E-state index in [4.69, 9.17) is 10.5 Å². The molecule has 0 aromatic carbocycles. The number of amides is 1. The van der Waals surface area contributed by atoms with E-state index >= 15 is 0 Å². The van der Waals surface area contributed by atoms with E-state index in [-0.39, 0.29) is 23.3 Å². The summed E-state index contributed by atoms with van der Waals surface area (Å²) in [6.45, 7) is 9.83. The first-order chi connectivity index (χ1) is 8.31. The molecule has 2 fully saturated rings. The number of nitrogens with one attached hydrogen (secondary N) is 1. The summed E-state index contributed by atoms with van der Waals surface area (Å²) in [6.07, 6.45) is 2.05. The van der Waals surface area contributed by atoms with Gasteiger partial charge in [-0.15, -0.1) is 0 Å². The number of rotatable bonds is 4. The van der Waals surface area contributed by atoms with Crippen molar-refractivity contribution >= 4 is 5.91 Å². The molecule has 104 valence electrons. The summed E-state index contributed by atoms with van der Waals surface area (Å²) in [6, 6.07) is 0. The molecule has 1 heterocycles. The summed E-state index contributed by atoms with van der Waals surface area (Å²) < 4.78 is 5.70. The average Bonchev–Trinajstić information content (AvgIpc) is 2.74. The Kier molecular flexibility index (Phi) is 3.45. The van der Waals surface area contributed by atoms with E-state index in [1.165, 1.54) is 0 Å². The van der Waals surface area contributed by atoms with Crippen LogP contribution in [0.3, 0.4) is 0 Å². The molecule has 3 unspecified atom stereocenters. The van der Waals surface area contributed by atoms with Gasteiger partial charge in [-0.25, -0.2) is 0 Å². The third kappa shape index (κ3) is 1.77. The largest absolute Gasteiger partial charge is 0.377 e. The van der Waals surface area contributed by atoms with Gasteiger partial charge in [-0.05, 0) is 18.8 Å². The fourth-order valence-electron chi connectivity index (χ4n) is 3.47. The van der Waals surface area contributed by atoms with Gasteiger partial charge in [0.25, 0.3) is 0 Å². The van der Waals surface area contributed by atoms with Crippen LogP contribution in [0, 0.1) is 17.3 Å². The van der Waals surface area contributed by atoms with E-state index in [9.17, 15) is 4.79 Å². The lowest BCUT2D eigenvalue weighted by Crippen LogP contribution is -2.80. The Balaban J connectivity index is 2.00. The fraction of sp³-hybridized carbons (Fsp3) is 0.929. The van der Waals surface area contributed by atoms with Crippen molar-refractivity contribution in [2.45, 2.75) is 52.2 Å². The predicted octanol–water partition coefficient (Wildman–Crippen LogP) is 1.29. The van der Waals surface area contributed by atoms with Crippen LogP contribution in [0.1, 0.15) is 40.5 Å². The SMILES string of the molecule is CC(C)CCNC(=O)C1(N)C2CCOC2C1(C)C. The van der Waals surface area contributed by atoms with Crippen LogP contribution in [0.25, 0.3) is 0 Å². The molecule has 2 aliphatic rings. The minimum atomic E-state index is -0.759. The van der Waals surface area contributed by atoms with E-state index < -0.39 is 5.54 Å². The van der Waals surface area contributed by atoms with Crippen molar-refractivity contribution in [3.63, 3.8) is 0 Å². The number of nitrogens with two attached hydrogens (primary N) is 1. The normalized spacial score (nSPS) is 37.2. The molecule has 4 heteroatoms. The van der Waals surface area contributed by atoms with E-state index in [1.807, 2.05) is 13.8 Å². The van der Waals surface area contributed by atoms with Gasteiger partial charge in [-0.2, -0.15) is 0 Å². The number of carbonyl (C=O) groups excluding carboxylic acids is 1. The Hall–Kier alpha value is -0.610. The molecule has 1 saturated carbocycles. The van der Waals surface area contributed by atoms with Crippen molar-refractivity contribution < 1.29 is 9.53 Å². The summed E-state index contributed by atoms with van der Waals surface area (Å²) in [4.78, 5) is 12.4. The molecular formula is C14H26N2O2. The van der Waals surface area contributed by atoms with Crippen molar-refractivity contribution in [2.75, 3.05) is 13.2 Å². The number of hydrogen-bond acceptors (Lipinski definition) is 3. The van der Waals surface area contributed by atoms with Crippen LogP contribution < -0.4 is 11.1 Å². The molecule has 1 saturated heterocycles. The molecule has 0 radical (unpaired) electrons. The van der Waals surface area contributed by atoms with Crippen LogP contribution in [0.4, 0.5) is 0 Å². The molecule has 1 aliphatic heterocycles. The molecule has 1 amide bonds. The van der Waals surface area contributed by atoms with Crippen molar-refractivity contribution in [3.05, 3.63) is 0 Å². The van der Waals surface area contributed by atoms with Crippen LogP contribution >= 0.6 is 0 Å². The topological polar surface area (TPSA) is 64.4 Å². The third-order valence-electron chi connectivity index (χ3n) is 4.84. The monoisotopic (exact) mass is 254 g/mol. The van der Waals surface area contributed by atoms with Gasteiger partial charge in [-0.3, -0.25) is 4.79 Å². The zero-order chi connectivity index (χ0) is 13.6. The number of hydrogen-bond donors (Lipinski definition) is 2. The maximum absolute atomic E-state index is 12.4. The summed E-state index contributed by atoms with van der Waals surface area (Å²) in [5, 5.41) is 3.01. The van der Waals surface area contributed by atoms with Gasteiger partial charge in [0.1, 0.15) is 5.54 Å². The highest BCUT2D eigenvalue weighted by Gasteiger charge is 2.71. The second kappa shape index (κ2) is 4.49. The molecular weight excluding hydrogens is 228 g/mol. The lowest BCUT2D eigenvalue weighted by molar-refractivity contribution is -0.175. The zero-order valence-electron chi connectivity index (χ0n) is 12.0. The second-order valence-electron chi connectivity index (χ2n) is 6.72. The molecule has 0 spiro atoms. The van der Waals surface area contributed by atoms with Gasteiger partial charge in [0, 0.05) is 24.5 Å². The quantitative estimate of drug-likeness (QED) is 0.794. The van der Waals surface area contributed by atoms with Gasteiger partial charge >= 0.3 is 0 Å². The first-order valence-electron chi connectivity index (χ1n) is 7.00. The van der Waals surface area contributed by atoms with Gasteiger partial charge in [-0.1, -0.05) is 27.7 Å². The van der Waals surface area contributed by atoms with Crippen molar-refractivity contribution in [1.82, 2.24) is 5.32 Å². The Bertz CT molecular complexity index is 341. The number of ether oxygens (including phenoxy) is 1. The molecule has 4 nitrogen and oxygen atoms in total. The van der Waals surface area contributed by atoms with Crippen molar-refractivity contribution in [1.29, 1.82) is 0 Å². The van der Waals surface area contributed by atoms with Crippen LogP contribution in [0.15, 0.2) is 0 Å². The first kappa shape index (κ1) is 13.8. The molecule has 18 heavy (non-hydrogen) atoms. The van der Waals surface area contributed by atoms with Gasteiger partial charge in [0.05, 0.1) is 6.10 Å². The molecule has 0 aromatic heterocycles. The number of carbonyl (C=O) groups is 1. The third-order valence-corrected chi connectivity index (χ3v) is 4.84. The molecule has 3 N–H and O–H groups in total. The fourth-order valence-corrected chi connectivity index (χ4v) is 3.47. The van der Waals surface area contributed by atoms with Crippen LogP contribution in [-0.4, -0.2) is 30.7 Å². The smallest absolute Gasteiger partial charge is 0.241 e. The minimum absolute atomic E-state index is 0.0000926. The molecule has 3 atom stereocenters. The van der Waals surface area contributed by atoms with Gasteiger partial charge in [0.2, 0.25) is 5.91 Å². The maximum atomic E-state index is 12.4. The summed E-state index contributed by atoms with van der Waals surface area (Å²) in [7, 11) is 0. The minimum Gasteiger partial charge on any atom is -0.377 e. The summed E-state index contributed by atoms with van der Waals surface area (Å²) in [5.74, 6) is 0.780. The summed E-state index contributed by atoms with van der Waals surface area (Å²) in [5.41, 5.74) is 5.41. The van der Waals surface area contributed by atoms with Gasteiger partial charge < -0.3 is 15.8 Å². The Morgan fingerprint density at radius 3 is 2.78 bits per heavy atom. The number of fused-ring (bicyclic) bond motifs is 1. The Labute approximate surface area is 110 Å². The van der Waals surface area contributed by atoms with Crippen molar-refractivity contribution in [2.24, 2.45) is 23.0 Å². The Morgan fingerprint density at radius 2 is 2.17 bits per heavy atom. The van der Waals surface area contributed by atoms with E-state index in [0.717, 1.165) is 19.4 Å². The second-order valence-corrected chi connectivity index (χ2v) is 6.72. The van der Waals surface area contributed by atoms with Gasteiger partial charge in [0.15, 0.2) is 0 Å². The van der Waals surface area contributed by atoms with E-state index in [0.29, 0.717) is 12.5 Å². The van der Waals surface area contributed by atoms with Crippen LogP contribution in [-0.2, 0) is 9.53 Å². The maximum Gasteiger partial charge on any atom is 0.241 e. The van der Waals surface area contributed by atoms with E-state index in [1.54, 1.807) is 0 Å². The average molecular weight is 254 g/mol. The Morgan fingerprint density at radius 1 is 1.50 bits per heavy atom. The van der Waals surface area contributed by atoms with E-state index in [2.05, 4.69) is 19.2 Å². The highest BCUT2D eigenvalue weighted by Crippen LogP contribution is 2.58. The lowest BCUT2D eigenvalue weighted by Gasteiger charge is -2.60. The molecule has 0 bridgehead atoms. The van der Waals surface area contributed by atoms with Crippen LogP contribution in [0.2, 0.25) is 0 Å². The standard InChI is InChI=1S/C14H26N2O2/c1-9(2)5-7-16-12(17)14(15)10-6-8-18-11(10)13(14,3)4/h9-11H,5-8,15H2,1-4H3,(H,16,17). The highest BCUT2D eigenvalue weighted by atomic mass is 16.5. The molecule has 2 rings (SSSR count). The zero-order valence-corrected chi connectivity index (χ0v) is 12.0. The molecule has 0 aromatic rings.